The minimum Gasteiger partial charge on any atom is -0.457 e. The lowest BCUT2D eigenvalue weighted by molar-refractivity contribution is 0.0693. The monoisotopic (exact) mass is 482 g/mol. The van der Waals surface area contributed by atoms with Gasteiger partial charge < -0.3 is 9.64 Å². The van der Waals surface area contributed by atoms with E-state index in [0.29, 0.717) is 49.1 Å². The van der Waals surface area contributed by atoms with Crippen molar-refractivity contribution in [1.29, 1.82) is 0 Å². The van der Waals surface area contributed by atoms with Gasteiger partial charge in [0.05, 0.1) is 15.6 Å². The highest BCUT2D eigenvalue weighted by Crippen LogP contribution is 2.25. The molecule has 0 bridgehead atoms. The van der Waals surface area contributed by atoms with E-state index in [1.165, 1.54) is 12.1 Å². The van der Waals surface area contributed by atoms with Gasteiger partial charge in [-0.1, -0.05) is 6.07 Å². The van der Waals surface area contributed by atoms with Crippen LogP contribution in [0.5, 0.6) is 11.5 Å². The van der Waals surface area contributed by atoms with Gasteiger partial charge in [-0.3, -0.25) is 4.79 Å². The number of pyridine rings is 1. The van der Waals surface area contributed by atoms with E-state index < -0.39 is 9.89 Å². The average Bonchev–Trinajstić information content (AvgIpc) is 2.85. The number of benzene rings is 2. The zero-order valence-corrected chi connectivity index (χ0v) is 20.0. The molecule has 4 rings (SSSR count). The first-order valence-corrected chi connectivity index (χ1v) is 12.5. The second-order valence-electron chi connectivity index (χ2n) is 8.13. The van der Waals surface area contributed by atoms with Crippen molar-refractivity contribution in [3.8, 4) is 22.8 Å². The summed E-state index contributed by atoms with van der Waals surface area (Å²) in [6, 6.07) is 18.5. The predicted molar refractivity (Wildman–Crippen MR) is 133 cm³/mol. The third-order valence-corrected chi connectivity index (χ3v) is 7.98. The Labute approximate surface area is 199 Å². The fourth-order valence-corrected chi connectivity index (χ4v) is 4.81. The molecule has 0 radical (unpaired) electrons. The number of hydrogen-bond donors (Lipinski definition) is 0. The number of nitrogens with zero attached hydrogens (tertiary/aromatic N) is 4. The van der Waals surface area contributed by atoms with Gasteiger partial charge in [0.1, 0.15) is 23.0 Å². The molecule has 7 nitrogen and oxygen atoms in total. The van der Waals surface area contributed by atoms with Gasteiger partial charge in [0, 0.05) is 45.8 Å². The molecule has 3 aromatic rings. The molecular weight excluding hydrogens is 455 g/mol. The lowest BCUT2D eigenvalue weighted by Gasteiger charge is -2.37. The molecule has 178 valence electrons. The molecular formula is C25H27FN4O3S. The van der Waals surface area contributed by atoms with Crippen molar-refractivity contribution in [2.24, 2.45) is 0 Å². The van der Waals surface area contributed by atoms with Crippen LogP contribution < -0.4 is 4.74 Å². The second-order valence-corrected chi connectivity index (χ2v) is 10.6. The quantitative estimate of drug-likeness (QED) is 0.504. The van der Waals surface area contributed by atoms with Gasteiger partial charge in [0.2, 0.25) is 0 Å². The molecule has 0 spiro atoms. The van der Waals surface area contributed by atoms with E-state index in [2.05, 4.69) is 10.9 Å². The van der Waals surface area contributed by atoms with Crippen LogP contribution in [-0.2, 0) is 9.89 Å². The number of ether oxygens (including phenoxy) is 1. The molecule has 1 aliphatic rings. The maximum Gasteiger partial charge on any atom is 0.272 e. The summed E-state index contributed by atoms with van der Waals surface area (Å²) in [4.78, 5) is 19.4. The van der Waals surface area contributed by atoms with Gasteiger partial charge in [0.25, 0.3) is 5.91 Å². The summed E-state index contributed by atoms with van der Waals surface area (Å²) in [6.07, 6.45) is 0. The van der Waals surface area contributed by atoms with Crippen LogP contribution in [0.15, 0.2) is 66.7 Å². The largest absolute Gasteiger partial charge is 0.457 e. The Morgan fingerprint density at radius 2 is 1.56 bits per heavy atom. The summed E-state index contributed by atoms with van der Waals surface area (Å²) in [5.74, 6) is 4.52. The van der Waals surface area contributed by atoms with Crippen molar-refractivity contribution in [2.75, 3.05) is 40.3 Å². The number of amides is 1. The molecule has 1 aliphatic heterocycles. The van der Waals surface area contributed by atoms with E-state index in [1.807, 2.05) is 28.6 Å². The van der Waals surface area contributed by atoms with Gasteiger partial charge in [0.15, 0.2) is 0 Å². The predicted octanol–water partition coefficient (Wildman–Crippen LogP) is 3.55. The summed E-state index contributed by atoms with van der Waals surface area (Å²) >= 11 is 0. The number of hydrogen-bond acceptors (Lipinski definition) is 4. The Morgan fingerprint density at radius 3 is 2.15 bits per heavy atom. The number of rotatable bonds is 6. The van der Waals surface area contributed by atoms with E-state index in [-0.39, 0.29) is 11.7 Å². The smallest absolute Gasteiger partial charge is 0.272 e. The number of carbonyl (C=O) groups excluding carboxylic acids is 1. The fraction of sp³-hybridized carbons (Fsp3) is 0.240. The van der Waals surface area contributed by atoms with E-state index >= 15 is 0 Å². The first-order valence-electron chi connectivity index (χ1n) is 10.8. The molecule has 1 aromatic heterocycles. The number of piperazine rings is 1. The molecule has 9 heteroatoms. The maximum atomic E-state index is 13.1. The van der Waals surface area contributed by atoms with Crippen molar-refractivity contribution < 1.29 is 18.1 Å². The lowest BCUT2D eigenvalue weighted by Crippen LogP contribution is -2.53. The Balaban J connectivity index is 1.43. The van der Waals surface area contributed by atoms with E-state index in [1.54, 1.807) is 53.6 Å². The second kappa shape index (κ2) is 9.92. The zero-order chi connectivity index (χ0) is 24.3. The van der Waals surface area contributed by atoms with Crippen molar-refractivity contribution in [2.45, 2.75) is 0 Å². The van der Waals surface area contributed by atoms with Gasteiger partial charge in [-0.2, -0.15) is 0 Å². The van der Waals surface area contributed by atoms with Crippen molar-refractivity contribution in [3.05, 3.63) is 78.2 Å². The first-order chi connectivity index (χ1) is 16.2. The minimum atomic E-state index is -2.50. The van der Waals surface area contributed by atoms with Crippen molar-refractivity contribution in [3.63, 3.8) is 0 Å². The van der Waals surface area contributed by atoms with E-state index in [0.717, 1.165) is 5.56 Å². The summed E-state index contributed by atoms with van der Waals surface area (Å²) in [5.41, 5.74) is 1.88. The SMILES string of the molecule is C=S(=O)(N(C)C)N1CCN(C(=O)c2cccc(-c3ccc(Oc4ccc(F)cc4)cc3)n2)CC1. The maximum absolute atomic E-state index is 13.1. The molecule has 0 aliphatic carbocycles. The highest BCUT2D eigenvalue weighted by molar-refractivity contribution is 7.95. The molecule has 1 saturated heterocycles. The van der Waals surface area contributed by atoms with Gasteiger partial charge >= 0.3 is 0 Å². The number of aromatic nitrogens is 1. The summed E-state index contributed by atoms with van der Waals surface area (Å²) in [6.45, 7) is 1.89. The highest BCUT2D eigenvalue weighted by atomic mass is 32.2. The molecule has 1 unspecified atom stereocenters. The Hall–Kier alpha value is -3.27. The topological polar surface area (TPSA) is 66.0 Å². The molecule has 2 aromatic carbocycles. The molecule has 0 saturated carbocycles. The first kappa shape index (κ1) is 23.9. The average molecular weight is 483 g/mol. The fourth-order valence-electron chi connectivity index (χ4n) is 3.62. The zero-order valence-electron chi connectivity index (χ0n) is 19.2. The Bertz CT molecular complexity index is 1250. The molecule has 1 atom stereocenters. The van der Waals surface area contributed by atoms with Gasteiger partial charge in [-0.15, -0.1) is 0 Å². The van der Waals surface area contributed by atoms with Crippen molar-refractivity contribution in [1.82, 2.24) is 18.5 Å². The summed E-state index contributed by atoms with van der Waals surface area (Å²) < 4.78 is 35.0. The Morgan fingerprint density at radius 1 is 0.971 bits per heavy atom. The van der Waals surface area contributed by atoms with Gasteiger partial charge in [-0.25, -0.2) is 22.2 Å². The molecule has 2 heterocycles. The third kappa shape index (κ3) is 5.27. The number of carbonyl (C=O) groups is 1. The van der Waals surface area contributed by atoms with E-state index in [9.17, 15) is 13.4 Å². The summed E-state index contributed by atoms with van der Waals surface area (Å²) in [7, 11) is 0.984. The van der Waals surface area contributed by atoms with Crippen LogP contribution >= 0.6 is 0 Å². The van der Waals surface area contributed by atoms with Crippen LogP contribution in [0.25, 0.3) is 11.3 Å². The van der Waals surface area contributed by atoms with Crippen LogP contribution in [-0.4, -0.2) is 74.8 Å². The van der Waals surface area contributed by atoms with Crippen molar-refractivity contribution >= 4 is 21.7 Å². The highest BCUT2D eigenvalue weighted by Gasteiger charge is 2.27. The third-order valence-electron chi connectivity index (χ3n) is 5.67. The molecule has 34 heavy (non-hydrogen) atoms. The molecule has 0 N–H and O–H groups in total. The van der Waals surface area contributed by atoms with Crippen LogP contribution in [0.2, 0.25) is 0 Å². The lowest BCUT2D eigenvalue weighted by atomic mass is 10.1. The van der Waals surface area contributed by atoms with E-state index in [4.69, 9.17) is 4.74 Å². The molecule has 1 fully saturated rings. The van der Waals surface area contributed by atoms with Crippen LogP contribution in [0, 0.1) is 5.82 Å². The van der Waals surface area contributed by atoms with Gasteiger partial charge in [-0.05, 0) is 66.5 Å². The summed E-state index contributed by atoms with van der Waals surface area (Å²) in [5, 5.41) is 0. The number of halogens is 1. The standard InChI is InChI=1S/C25H27FN4O3S/c1-28(2)34(3,32)30-17-15-29(16-18-30)25(31)24-6-4-5-23(27-24)19-7-11-21(12-8-19)33-22-13-9-20(26)10-14-22/h4-14H,3,15-18H2,1-2H3. The normalized spacial score (nSPS) is 16.3. The molecule has 1 amide bonds. The van der Waals surface area contributed by atoms with Crippen LogP contribution in [0.1, 0.15) is 10.5 Å². The Kier molecular flexibility index (Phi) is 6.97. The minimum absolute atomic E-state index is 0.154. The van der Waals surface area contributed by atoms with Crippen LogP contribution in [0.3, 0.4) is 0 Å². The van der Waals surface area contributed by atoms with Crippen LogP contribution in [0.4, 0.5) is 4.39 Å².